The monoisotopic (exact) mass is 436 g/mol. The molecule has 0 radical (unpaired) electrons. The van der Waals surface area contributed by atoms with Gasteiger partial charge in [0.15, 0.2) is 10.3 Å². The van der Waals surface area contributed by atoms with E-state index in [1.54, 1.807) is 22.2 Å². The van der Waals surface area contributed by atoms with Crippen LogP contribution in [0.1, 0.15) is 12.0 Å². The molecular weight excluding hydrogens is 416 g/mol. The van der Waals surface area contributed by atoms with E-state index in [0.717, 1.165) is 12.8 Å². The number of aryl methyl sites for hydroxylation is 1. The van der Waals surface area contributed by atoms with Gasteiger partial charge >= 0.3 is 0 Å². The summed E-state index contributed by atoms with van der Waals surface area (Å²) < 4.78 is 1.69. The Morgan fingerprint density at radius 2 is 1.90 bits per heavy atom. The molecule has 0 aliphatic carbocycles. The lowest BCUT2D eigenvalue weighted by Gasteiger charge is -2.13. The molecule has 8 heteroatoms. The number of amides is 1. The van der Waals surface area contributed by atoms with Gasteiger partial charge in [0, 0.05) is 18.1 Å². The number of thioether (sulfide) groups is 1. The van der Waals surface area contributed by atoms with Gasteiger partial charge in [-0.15, -0.1) is 11.3 Å². The minimum absolute atomic E-state index is 0.0727. The summed E-state index contributed by atoms with van der Waals surface area (Å²) in [5.74, 6) is -0.0172. The quantitative estimate of drug-likeness (QED) is 0.331. The second kappa shape index (κ2) is 9.69. The summed E-state index contributed by atoms with van der Waals surface area (Å²) in [6, 6.07) is 17.5. The fraction of sp³-hybridized carbons (Fsp3) is 0.182. The van der Waals surface area contributed by atoms with Crippen molar-refractivity contribution in [1.29, 1.82) is 0 Å². The van der Waals surface area contributed by atoms with Crippen LogP contribution in [0.25, 0.3) is 10.9 Å². The molecule has 0 saturated heterocycles. The van der Waals surface area contributed by atoms with Crippen LogP contribution in [0.15, 0.2) is 76.1 Å². The number of thiazole rings is 1. The number of para-hydroxylation sites is 1. The number of fused-ring (bicyclic) bond motifs is 1. The molecule has 0 atom stereocenters. The molecule has 2 heterocycles. The summed E-state index contributed by atoms with van der Waals surface area (Å²) in [4.78, 5) is 34.1. The third-order valence-corrected chi connectivity index (χ3v) is 6.19. The zero-order valence-electron chi connectivity index (χ0n) is 16.2. The molecule has 1 N–H and O–H groups in total. The van der Waals surface area contributed by atoms with Crippen LogP contribution in [-0.2, 0) is 17.8 Å². The van der Waals surface area contributed by atoms with Crippen molar-refractivity contribution in [2.24, 2.45) is 0 Å². The van der Waals surface area contributed by atoms with Gasteiger partial charge in [-0.1, -0.05) is 54.2 Å². The number of anilines is 1. The molecule has 2 aromatic carbocycles. The van der Waals surface area contributed by atoms with Crippen molar-refractivity contribution in [3.05, 3.63) is 82.1 Å². The van der Waals surface area contributed by atoms with E-state index in [0.29, 0.717) is 27.7 Å². The lowest BCUT2D eigenvalue weighted by atomic mass is 10.1. The maximum Gasteiger partial charge on any atom is 0.262 e. The van der Waals surface area contributed by atoms with Gasteiger partial charge in [0.25, 0.3) is 5.56 Å². The van der Waals surface area contributed by atoms with Crippen LogP contribution in [0, 0.1) is 0 Å². The Hall–Kier alpha value is -2.97. The highest BCUT2D eigenvalue weighted by Crippen LogP contribution is 2.19. The fourth-order valence-corrected chi connectivity index (χ4v) is 4.48. The molecule has 0 spiro atoms. The number of hydrogen-bond acceptors (Lipinski definition) is 6. The molecule has 0 unspecified atom stereocenters. The van der Waals surface area contributed by atoms with E-state index >= 15 is 0 Å². The third kappa shape index (κ3) is 4.95. The van der Waals surface area contributed by atoms with Crippen LogP contribution < -0.4 is 10.9 Å². The molecule has 152 valence electrons. The van der Waals surface area contributed by atoms with Crippen molar-refractivity contribution < 1.29 is 4.79 Å². The Bertz CT molecular complexity index is 1190. The van der Waals surface area contributed by atoms with Gasteiger partial charge in [-0.3, -0.25) is 14.2 Å². The number of benzene rings is 2. The van der Waals surface area contributed by atoms with Gasteiger partial charge in [-0.2, -0.15) is 0 Å². The summed E-state index contributed by atoms with van der Waals surface area (Å²) in [6.45, 7) is 0.544. The van der Waals surface area contributed by atoms with Gasteiger partial charge in [0.05, 0.1) is 16.7 Å². The molecular formula is C22H20N4O2S2. The van der Waals surface area contributed by atoms with E-state index in [4.69, 9.17) is 0 Å². The Kier molecular flexibility index (Phi) is 6.56. The number of aromatic nitrogens is 3. The summed E-state index contributed by atoms with van der Waals surface area (Å²) in [5.41, 5.74) is 1.80. The average Bonchev–Trinajstić information content (AvgIpc) is 3.28. The first-order chi connectivity index (χ1) is 14.7. The molecule has 4 rings (SSSR count). The number of carbonyl (C=O) groups is 1. The number of hydrogen-bond donors (Lipinski definition) is 1. The lowest BCUT2D eigenvalue weighted by molar-refractivity contribution is -0.113. The average molecular weight is 437 g/mol. The predicted molar refractivity (Wildman–Crippen MR) is 122 cm³/mol. The van der Waals surface area contributed by atoms with Crippen LogP contribution in [0.2, 0.25) is 0 Å². The van der Waals surface area contributed by atoms with Crippen molar-refractivity contribution in [3.63, 3.8) is 0 Å². The van der Waals surface area contributed by atoms with Gasteiger partial charge in [-0.25, -0.2) is 9.97 Å². The van der Waals surface area contributed by atoms with Crippen molar-refractivity contribution >= 4 is 45.0 Å². The summed E-state index contributed by atoms with van der Waals surface area (Å²) >= 11 is 2.64. The van der Waals surface area contributed by atoms with Gasteiger partial charge in [0.1, 0.15) is 0 Å². The molecule has 1 amide bonds. The topological polar surface area (TPSA) is 76.9 Å². The van der Waals surface area contributed by atoms with Gasteiger partial charge < -0.3 is 5.32 Å². The third-order valence-electron chi connectivity index (χ3n) is 4.53. The van der Waals surface area contributed by atoms with Gasteiger partial charge in [0.2, 0.25) is 5.91 Å². The Morgan fingerprint density at radius 1 is 1.10 bits per heavy atom. The number of nitrogens with zero attached hydrogens (tertiary/aromatic N) is 3. The second-order valence-corrected chi connectivity index (χ2v) is 8.47. The van der Waals surface area contributed by atoms with Crippen LogP contribution in [0.4, 0.5) is 5.13 Å². The SMILES string of the molecule is O=C(CSc1nc2ccccc2c(=O)n1CCCc1ccccc1)Nc1nccs1. The van der Waals surface area contributed by atoms with E-state index in [9.17, 15) is 9.59 Å². The zero-order valence-corrected chi connectivity index (χ0v) is 17.8. The van der Waals surface area contributed by atoms with Crippen LogP contribution in [0.3, 0.4) is 0 Å². The molecule has 4 aromatic rings. The highest BCUT2D eigenvalue weighted by Gasteiger charge is 2.13. The minimum atomic E-state index is -0.173. The van der Waals surface area contributed by atoms with E-state index in [1.165, 1.54) is 28.7 Å². The molecule has 2 aromatic heterocycles. The van der Waals surface area contributed by atoms with E-state index < -0.39 is 0 Å². The first-order valence-electron chi connectivity index (χ1n) is 9.56. The number of nitrogens with one attached hydrogen (secondary N) is 1. The first kappa shape index (κ1) is 20.3. The minimum Gasteiger partial charge on any atom is -0.301 e. The highest BCUT2D eigenvalue weighted by molar-refractivity contribution is 7.99. The molecule has 0 aliphatic rings. The van der Waals surface area contributed by atoms with Crippen LogP contribution in [-0.4, -0.2) is 26.2 Å². The maximum absolute atomic E-state index is 13.1. The van der Waals surface area contributed by atoms with Crippen molar-refractivity contribution in [3.8, 4) is 0 Å². The van der Waals surface area contributed by atoms with Crippen molar-refractivity contribution in [1.82, 2.24) is 14.5 Å². The van der Waals surface area contributed by atoms with Crippen LogP contribution >= 0.6 is 23.1 Å². The van der Waals surface area contributed by atoms with E-state index in [2.05, 4.69) is 27.4 Å². The molecule has 30 heavy (non-hydrogen) atoms. The smallest absolute Gasteiger partial charge is 0.262 e. The largest absolute Gasteiger partial charge is 0.301 e. The highest BCUT2D eigenvalue weighted by atomic mass is 32.2. The van der Waals surface area contributed by atoms with Crippen molar-refractivity contribution in [2.75, 3.05) is 11.1 Å². The number of carbonyl (C=O) groups excluding carboxylic acids is 1. The number of rotatable bonds is 8. The fourth-order valence-electron chi connectivity index (χ4n) is 3.11. The molecule has 0 bridgehead atoms. The van der Waals surface area contributed by atoms with Gasteiger partial charge in [-0.05, 0) is 30.5 Å². The van der Waals surface area contributed by atoms with Crippen LogP contribution in [0.5, 0.6) is 0 Å². The predicted octanol–water partition coefficient (Wildman–Crippen LogP) is 4.22. The molecule has 0 fully saturated rings. The summed E-state index contributed by atoms with van der Waals surface area (Å²) in [7, 11) is 0. The second-order valence-electron chi connectivity index (χ2n) is 6.63. The summed E-state index contributed by atoms with van der Waals surface area (Å²) in [6.07, 6.45) is 3.32. The first-order valence-corrected chi connectivity index (χ1v) is 11.4. The molecule has 6 nitrogen and oxygen atoms in total. The van der Waals surface area contributed by atoms with E-state index in [-0.39, 0.29) is 17.2 Å². The standard InChI is InChI=1S/C22H20N4O2S2/c27-19(25-21-23-12-14-29-21)15-30-22-24-18-11-5-4-10-17(18)20(28)26(22)13-6-9-16-7-2-1-3-8-16/h1-5,7-8,10-12,14H,6,9,13,15H2,(H,23,25,27). The molecule has 0 saturated carbocycles. The Balaban J connectivity index is 1.52. The molecule has 0 aliphatic heterocycles. The van der Waals surface area contributed by atoms with Crippen molar-refractivity contribution in [2.45, 2.75) is 24.5 Å². The lowest BCUT2D eigenvalue weighted by Crippen LogP contribution is -2.24. The maximum atomic E-state index is 13.1. The Labute approximate surface area is 182 Å². The summed E-state index contributed by atoms with van der Waals surface area (Å²) in [5, 5.41) is 6.27. The normalized spacial score (nSPS) is 10.9. The Morgan fingerprint density at radius 3 is 2.70 bits per heavy atom. The zero-order chi connectivity index (χ0) is 20.8. The van der Waals surface area contributed by atoms with E-state index in [1.807, 2.05) is 36.4 Å².